The van der Waals surface area contributed by atoms with Crippen molar-refractivity contribution in [1.29, 1.82) is 0 Å². The van der Waals surface area contributed by atoms with Crippen LogP contribution in [0.1, 0.15) is 12.8 Å². The van der Waals surface area contributed by atoms with Gasteiger partial charge in [-0.1, -0.05) is 24.3 Å². The molecule has 0 saturated carbocycles. The molecule has 3 aromatic rings. The summed E-state index contributed by atoms with van der Waals surface area (Å²) < 4.78 is 10.8. The summed E-state index contributed by atoms with van der Waals surface area (Å²) in [7, 11) is 1.63. The highest BCUT2D eigenvalue weighted by Gasteiger charge is 2.09. The van der Waals surface area contributed by atoms with E-state index in [-0.39, 0.29) is 5.91 Å². The van der Waals surface area contributed by atoms with Crippen LogP contribution < -0.4 is 14.8 Å². The van der Waals surface area contributed by atoms with E-state index in [0.717, 1.165) is 27.6 Å². The molecule has 0 aliphatic rings. The molecule has 2 aromatic carbocycles. The average molecular weight is 367 g/mol. The molecule has 26 heavy (non-hydrogen) atoms. The van der Waals surface area contributed by atoms with Gasteiger partial charge in [0.1, 0.15) is 11.5 Å². The van der Waals surface area contributed by atoms with E-state index >= 15 is 0 Å². The summed E-state index contributed by atoms with van der Waals surface area (Å²) in [6.07, 6.45) is 1.06. The zero-order valence-electron chi connectivity index (χ0n) is 14.6. The third-order valence-electron chi connectivity index (χ3n) is 3.86. The first kappa shape index (κ1) is 18.0. The van der Waals surface area contributed by atoms with E-state index in [1.807, 2.05) is 60.0 Å². The fourth-order valence-corrected chi connectivity index (χ4v) is 3.31. The van der Waals surface area contributed by atoms with Gasteiger partial charge in [-0.2, -0.15) is 0 Å². The number of para-hydroxylation sites is 1. The molecule has 3 rings (SSSR count). The Hall–Kier alpha value is -2.79. The van der Waals surface area contributed by atoms with Crippen LogP contribution in [0.4, 0.5) is 5.69 Å². The number of amides is 1. The molecule has 1 aromatic heterocycles. The van der Waals surface area contributed by atoms with Crippen molar-refractivity contribution in [2.45, 2.75) is 12.8 Å². The number of nitrogens with one attached hydrogen (secondary N) is 1. The highest BCUT2D eigenvalue weighted by Crippen LogP contribution is 2.31. The second-order valence-corrected chi connectivity index (χ2v) is 6.65. The van der Waals surface area contributed by atoms with Gasteiger partial charge in [0.05, 0.1) is 13.7 Å². The maximum atomic E-state index is 12.2. The molecule has 5 heteroatoms. The third-order valence-corrected chi connectivity index (χ3v) is 4.77. The highest BCUT2D eigenvalue weighted by molar-refractivity contribution is 7.13. The lowest BCUT2D eigenvalue weighted by Gasteiger charge is -2.10. The van der Waals surface area contributed by atoms with Crippen molar-refractivity contribution in [2.24, 2.45) is 0 Å². The van der Waals surface area contributed by atoms with E-state index < -0.39 is 0 Å². The predicted octanol–water partition coefficient (Wildman–Crippen LogP) is 5.22. The predicted molar refractivity (Wildman–Crippen MR) is 106 cm³/mol. The van der Waals surface area contributed by atoms with Gasteiger partial charge in [0.2, 0.25) is 5.91 Å². The van der Waals surface area contributed by atoms with Gasteiger partial charge in [0.25, 0.3) is 0 Å². The maximum Gasteiger partial charge on any atom is 0.224 e. The van der Waals surface area contributed by atoms with Crippen LogP contribution >= 0.6 is 11.3 Å². The Kier molecular flexibility index (Phi) is 6.28. The van der Waals surface area contributed by atoms with Crippen molar-refractivity contribution in [1.82, 2.24) is 0 Å². The van der Waals surface area contributed by atoms with Gasteiger partial charge in [0.15, 0.2) is 0 Å². The molecule has 1 heterocycles. The van der Waals surface area contributed by atoms with Gasteiger partial charge in [0, 0.05) is 22.5 Å². The zero-order valence-corrected chi connectivity index (χ0v) is 15.4. The highest BCUT2D eigenvalue weighted by atomic mass is 32.1. The molecule has 134 valence electrons. The van der Waals surface area contributed by atoms with Crippen LogP contribution in [-0.4, -0.2) is 19.6 Å². The molecule has 0 spiro atoms. The molecule has 0 aliphatic carbocycles. The smallest absolute Gasteiger partial charge is 0.224 e. The lowest BCUT2D eigenvalue weighted by Crippen LogP contribution is -2.13. The Morgan fingerprint density at radius 1 is 1.00 bits per heavy atom. The monoisotopic (exact) mass is 367 g/mol. The van der Waals surface area contributed by atoms with Crippen molar-refractivity contribution in [2.75, 3.05) is 19.0 Å². The Morgan fingerprint density at radius 3 is 2.50 bits per heavy atom. The largest absolute Gasteiger partial charge is 0.497 e. The number of rotatable bonds is 8. The van der Waals surface area contributed by atoms with Crippen LogP contribution in [-0.2, 0) is 4.79 Å². The van der Waals surface area contributed by atoms with E-state index in [2.05, 4.69) is 11.4 Å². The Labute approximate surface area is 157 Å². The van der Waals surface area contributed by atoms with Crippen molar-refractivity contribution >= 4 is 22.9 Å². The second kappa shape index (κ2) is 9.06. The number of benzene rings is 2. The number of hydrogen-bond donors (Lipinski definition) is 1. The van der Waals surface area contributed by atoms with Crippen LogP contribution in [0.15, 0.2) is 66.0 Å². The zero-order chi connectivity index (χ0) is 18.2. The molecule has 0 atom stereocenters. The summed E-state index contributed by atoms with van der Waals surface area (Å²) in [6, 6.07) is 19.3. The molecule has 4 nitrogen and oxygen atoms in total. The lowest BCUT2D eigenvalue weighted by molar-refractivity contribution is -0.116. The molecule has 1 amide bonds. The number of carbonyl (C=O) groups is 1. The number of methoxy groups -OCH3 is 1. The van der Waals surface area contributed by atoms with Crippen LogP contribution in [0.25, 0.3) is 10.4 Å². The van der Waals surface area contributed by atoms with E-state index in [0.29, 0.717) is 19.4 Å². The lowest BCUT2D eigenvalue weighted by atomic mass is 10.1. The van der Waals surface area contributed by atoms with Gasteiger partial charge in [-0.05, 0) is 48.2 Å². The van der Waals surface area contributed by atoms with Gasteiger partial charge >= 0.3 is 0 Å². The van der Waals surface area contributed by atoms with Crippen LogP contribution in [0, 0.1) is 0 Å². The molecule has 1 N–H and O–H groups in total. The minimum atomic E-state index is -0.00710. The van der Waals surface area contributed by atoms with E-state index in [1.165, 1.54) is 0 Å². The van der Waals surface area contributed by atoms with Crippen molar-refractivity contribution < 1.29 is 14.3 Å². The summed E-state index contributed by atoms with van der Waals surface area (Å²) >= 11 is 1.66. The summed E-state index contributed by atoms with van der Waals surface area (Å²) in [4.78, 5) is 13.4. The minimum Gasteiger partial charge on any atom is -0.497 e. The second-order valence-electron chi connectivity index (χ2n) is 5.70. The van der Waals surface area contributed by atoms with E-state index in [1.54, 1.807) is 18.4 Å². The minimum absolute atomic E-state index is 0.00710. The van der Waals surface area contributed by atoms with E-state index in [9.17, 15) is 4.79 Å². The first-order valence-electron chi connectivity index (χ1n) is 8.46. The van der Waals surface area contributed by atoms with Crippen LogP contribution in [0.5, 0.6) is 11.5 Å². The summed E-state index contributed by atoms with van der Waals surface area (Å²) in [5, 5.41) is 5.04. The molecular weight excluding hydrogens is 346 g/mol. The SMILES string of the molecule is COc1ccc(OCCCC(=O)Nc2ccccc2-c2cccs2)cc1. The van der Waals surface area contributed by atoms with Gasteiger partial charge in [-0.3, -0.25) is 4.79 Å². The maximum absolute atomic E-state index is 12.2. The Morgan fingerprint density at radius 2 is 1.77 bits per heavy atom. The van der Waals surface area contributed by atoms with Crippen molar-refractivity contribution in [3.05, 3.63) is 66.0 Å². The van der Waals surface area contributed by atoms with Crippen molar-refractivity contribution in [3.8, 4) is 21.9 Å². The molecule has 0 radical (unpaired) electrons. The first-order valence-corrected chi connectivity index (χ1v) is 9.34. The molecular formula is C21H21NO3S. The average Bonchev–Trinajstić information content (AvgIpc) is 3.21. The first-order chi connectivity index (χ1) is 12.8. The van der Waals surface area contributed by atoms with Gasteiger partial charge in [-0.15, -0.1) is 11.3 Å². The summed E-state index contributed by atoms with van der Waals surface area (Å²) in [5.74, 6) is 1.56. The van der Waals surface area contributed by atoms with Crippen LogP contribution in [0.2, 0.25) is 0 Å². The fraction of sp³-hybridized carbons (Fsp3) is 0.190. The number of hydrogen-bond acceptors (Lipinski definition) is 4. The fourth-order valence-electron chi connectivity index (χ4n) is 2.55. The normalized spacial score (nSPS) is 10.3. The third kappa shape index (κ3) is 4.86. The number of carbonyl (C=O) groups excluding carboxylic acids is 1. The van der Waals surface area contributed by atoms with Crippen LogP contribution in [0.3, 0.4) is 0 Å². The van der Waals surface area contributed by atoms with Gasteiger partial charge < -0.3 is 14.8 Å². The summed E-state index contributed by atoms with van der Waals surface area (Å²) in [5.41, 5.74) is 1.89. The van der Waals surface area contributed by atoms with Crippen molar-refractivity contribution in [3.63, 3.8) is 0 Å². The Bertz CT molecular complexity index is 829. The standard InChI is InChI=1S/C21H21NO3S/c1-24-16-10-12-17(13-11-16)25-14-4-9-21(23)22-19-7-3-2-6-18(19)20-8-5-15-26-20/h2-3,5-8,10-13,15H,4,9,14H2,1H3,(H,22,23). The number of ether oxygens (including phenoxy) is 2. The quantitative estimate of drug-likeness (QED) is 0.555. The van der Waals surface area contributed by atoms with Gasteiger partial charge in [-0.25, -0.2) is 0 Å². The number of anilines is 1. The molecule has 0 aliphatic heterocycles. The molecule has 0 fully saturated rings. The molecule has 0 bridgehead atoms. The van der Waals surface area contributed by atoms with E-state index in [4.69, 9.17) is 9.47 Å². The molecule has 0 saturated heterocycles. The molecule has 0 unspecified atom stereocenters. The Balaban J connectivity index is 1.47. The topological polar surface area (TPSA) is 47.6 Å². The summed E-state index contributed by atoms with van der Waals surface area (Å²) in [6.45, 7) is 0.492. The number of thiophene rings is 1.